The lowest BCUT2D eigenvalue weighted by Gasteiger charge is -2.14. The number of nitrogens with one attached hydrogen (secondary N) is 1. The zero-order chi connectivity index (χ0) is 22.7. The average Bonchev–Trinajstić information content (AvgIpc) is 3.28. The number of hydrogen-bond donors (Lipinski definition) is 1. The molecule has 4 rings (SSSR count). The fourth-order valence-corrected chi connectivity index (χ4v) is 3.86. The summed E-state index contributed by atoms with van der Waals surface area (Å²) < 4.78 is 15.9. The highest BCUT2D eigenvalue weighted by Crippen LogP contribution is 2.29. The summed E-state index contributed by atoms with van der Waals surface area (Å²) in [6.45, 7) is 2.95. The molecule has 0 atom stereocenters. The molecule has 3 aromatic rings. The number of benzene rings is 2. The molecule has 0 aliphatic carbocycles. The number of amides is 2. The Kier molecular flexibility index (Phi) is 6.23. The van der Waals surface area contributed by atoms with Crippen molar-refractivity contribution in [3.63, 3.8) is 0 Å². The Balaban J connectivity index is 1.64. The number of methoxy groups -OCH3 is 1. The van der Waals surface area contributed by atoms with Crippen LogP contribution in [0.2, 0.25) is 0 Å². The number of hydrogen-bond acceptors (Lipinski definition) is 6. The van der Waals surface area contributed by atoms with Crippen molar-refractivity contribution in [2.24, 2.45) is 0 Å². The van der Waals surface area contributed by atoms with Gasteiger partial charge < -0.3 is 19.2 Å². The molecule has 1 N–H and O–H groups in total. The van der Waals surface area contributed by atoms with E-state index in [1.165, 1.54) is 4.90 Å². The summed E-state index contributed by atoms with van der Waals surface area (Å²) in [7, 11) is 1.60. The van der Waals surface area contributed by atoms with E-state index in [1.54, 1.807) is 44.4 Å². The lowest BCUT2D eigenvalue weighted by atomic mass is 10.1. The highest BCUT2D eigenvalue weighted by molar-refractivity contribution is 6.21. The Morgan fingerprint density at radius 2 is 1.75 bits per heavy atom. The molecule has 0 saturated heterocycles. The molecule has 1 aromatic heterocycles. The Morgan fingerprint density at radius 1 is 1.03 bits per heavy atom. The highest BCUT2D eigenvalue weighted by atomic mass is 16.5. The molecule has 8 heteroatoms. The van der Waals surface area contributed by atoms with E-state index < -0.39 is 5.97 Å². The molecule has 1 aliphatic rings. The fourth-order valence-electron chi connectivity index (χ4n) is 3.86. The number of carbonyl (C=O) groups is 3. The van der Waals surface area contributed by atoms with Gasteiger partial charge in [-0.15, -0.1) is 0 Å². The third kappa shape index (κ3) is 3.97. The van der Waals surface area contributed by atoms with Gasteiger partial charge in [0.25, 0.3) is 11.8 Å². The molecule has 0 unspecified atom stereocenters. The summed E-state index contributed by atoms with van der Waals surface area (Å²) in [5.74, 6) is -0.507. The van der Waals surface area contributed by atoms with Gasteiger partial charge in [0.05, 0.1) is 24.3 Å². The Labute approximate surface area is 185 Å². The van der Waals surface area contributed by atoms with Gasteiger partial charge in [-0.05, 0) is 49.2 Å². The van der Waals surface area contributed by atoms with E-state index in [4.69, 9.17) is 14.2 Å². The first-order chi connectivity index (χ1) is 15.5. The molecule has 0 spiro atoms. The van der Waals surface area contributed by atoms with Gasteiger partial charge in [0, 0.05) is 24.6 Å². The van der Waals surface area contributed by atoms with Gasteiger partial charge in [-0.25, -0.2) is 4.79 Å². The molecule has 166 valence electrons. The van der Waals surface area contributed by atoms with E-state index in [0.717, 1.165) is 10.9 Å². The first kappa shape index (κ1) is 21.6. The first-order valence-electron chi connectivity index (χ1n) is 10.4. The minimum absolute atomic E-state index is 0.139. The highest BCUT2D eigenvalue weighted by Gasteiger charge is 2.35. The lowest BCUT2D eigenvalue weighted by molar-refractivity contribution is 0.0519. The van der Waals surface area contributed by atoms with E-state index in [0.29, 0.717) is 47.8 Å². The van der Waals surface area contributed by atoms with E-state index >= 15 is 0 Å². The zero-order valence-electron chi connectivity index (χ0n) is 18.0. The Bertz CT molecular complexity index is 1150. The lowest BCUT2D eigenvalue weighted by Crippen LogP contribution is -2.32. The maximum absolute atomic E-state index is 12.7. The second-order valence-electron chi connectivity index (χ2n) is 7.31. The molecular formula is C24H24N2O6. The predicted molar refractivity (Wildman–Crippen MR) is 117 cm³/mol. The number of rotatable bonds is 9. The minimum Gasteiger partial charge on any atom is -0.491 e. The van der Waals surface area contributed by atoms with Crippen molar-refractivity contribution in [2.45, 2.75) is 13.3 Å². The number of aromatic nitrogens is 1. The van der Waals surface area contributed by atoms with Crippen LogP contribution in [-0.4, -0.2) is 61.1 Å². The standard InChI is InChI=1S/C24H24N2O6/c1-3-31-24(29)21-16(19-14-15(32-13-12-30-2)8-9-20(19)25-21)10-11-26-22(27)17-6-4-5-7-18(17)23(26)28/h4-9,14,25H,3,10-13H2,1-2H3. The molecule has 8 nitrogen and oxygen atoms in total. The zero-order valence-corrected chi connectivity index (χ0v) is 18.0. The number of nitrogens with zero attached hydrogens (tertiary/aromatic N) is 1. The van der Waals surface area contributed by atoms with Gasteiger partial charge in [-0.3, -0.25) is 14.5 Å². The third-order valence-corrected chi connectivity index (χ3v) is 5.38. The smallest absolute Gasteiger partial charge is 0.355 e. The van der Waals surface area contributed by atoms with Gasteiger partial charge >= 0.3 is 5.97 Å². The van der Waals surface area contributed by atoms with Crippen LogP contribution in [0, 0.1) is 0 Å². The number of ether oxygens (including phenoxy) is 3. The van der Waals surface area contributed by atoms with Crippen LogP contribution < -0.4 is 4.74 Å². The molecule has 0 saturated carbocycles. The number of carbonyl (C=O) groups excluding carboxylic acids is 3. The number of imide groups is 1. The van der Waals surface area contributed by atoms with Crippen molar-refractivity contribution in [3.8, 4) is 5.75 Å². The van der Waals surface area contributed by atoms with Crippen LogP contribution in [0.1, 0.15) is 43.7 Å². The second kappa shape index (κ2) is 9.23. The van der Waals surface area contributed by atoms with E-state index in [2.05, 4.69) is 4.98 Å². The van der Waals surface area contributed by atoms with E-state index in [9.17, 15) is 14.4 Å². The van der Waals surface area contributed by atoms with Crippen LogP contribution in [-0.2, 0) is 15.9 Å². The second-order valence-corrected chi connectivity index (χ2v) is 7.31. The van der Waals surface area contributed by atoms with Crippen LogP contribution in [0.5, 0.6) is 5.75 Å². The third-order valence-electron chi connectivity index (χ3n) is 5.38. The van der Waals surface area contributed by atoms with Gasteiger partial charge in [0.2, 0.25) is 0 Å². The van der Waals surface area contributed by atoms with Crippen molar-refractivity contribution in [1.29, 1.82) is 0 Å². The molecule has 0 fully saturated rings. The van der Waals surface area contributed by atoms with Gasteiger partial charge in [-0.2, -0.15) is 0 Å². The summed E-state index contributed by atoms with van der Waals surface area (Å²) in [4.78, 5) is 42.4. The minimum atomic E-state index is -0.483. The number of H-pyrrole nitrogens is 1. The van der Waals surface area contributed by atoms with Crippen LogP contribution in [0.15, 0.2) is 42.5 Å². The molecule has 2 aromatic carbocycles. The fraction of sp³-hybridized carbons (Fsp3) is 0.292. The maximum atomic E-state index is 12.7. The number of esters is 1. The normalized spacial score (nSPS) is 13.0. The molecule has 32 heavy (non-hydrogen) atoms. The quantitative estimate of drug-likeness (QED) is 0.314. The van der Waals surface area contributed by atoms with Crippen LogP contribution in [0.4, 0.5) is 0 Å². The SMILES string of the molecule is CCOC(=O)c1[nH]c2ccc(OCCOC)cc2c1CCN1C(=O)c2ccccc2C1=O. The van der Waals surface area contributed by atoms with Crippen molar-refractivity contribution in [2.75, 3.05) is 33.5 Å². The van der Waals surface area contributed by atoms with Gasteiger partial charge in [0.15, 0.2) is 0 Å². The Morgan fingerprint density at radius 3 is 2.41 bits per heavy atom. The van der Waals surface area contributed by atoms with Crippen molar-refractivity contribution in [3.05, 3.63) is 64.8 Å². The van der Waals surface area contributed by atoms with Gasteiger partial charge in [0.1, 0.15) is 18.1 Å². The van der Waals surface area contributed by atoms with Crippen molar-refractivity contribution in [1.82, 2.24) is 9.88 Å². The molecule has 1 aliphatic heterocycles. The number of aromatic amines is 1. The van der Waals surface area contributed by atoms with Gasteiger partial charge in [-0.1, -0.05) is 12.1 Å². The van der Waals surface area contributed by atoms with Crippen LogP contribution in [0.25, 0.3) is 10.9 Å². The molecule has 2 heterocycles. The van der Waals surface area contributed by atoms with Crippen molar-refractivity contribution < 1.29 is 28.6 Å². The largest absolute Gasteiger partial charge is 0.491 e. The molecule has 2 amide bonds. The number of fused-ring (bicyclic) bond motifs is 2. The Hall–Kier alpha value is -3.65. The van der Waals surface area contributed by atoms with E-state index in [1.807, 2.05) is 12.1 Å². The van der Waals surface area contributed by atoms with Crippen LogP contribution >= 0.6 is 0 Å². The summed E-state index contributed by atoms with van der Waals surface area (Å²) in [5, 5.41) is 0.777. The van der Waals surface area contributed by atoms with E-state index in [-0.39, 0.29) is 25.0 Å². The molecular weight excluding hydrogens is 412 g/mol. The summed E-state index contributed by atoms with van der Waals surface area (Å²) >= 11 is 0. The summed E-state index contributed by atoms with van der Waals surface area (Å²) in [5.41, 5.74) is 2.52. The first-order valence-corrected chi connectivity index (χ1v) is 10.4. The monoisotopic (exact) mass is 436 g/mol. The average molecular weight is 436 g/mol. The molecule has 0 bridgehead atoms. The summed E-state index contributed by atoms with van der Waals surface area (Å²) in [6, 6.07) is 12.2. The van der Waals surface area contributed by atoms with Crippen molar-refractivity contribution >= 4 is 28.7 Å². The predicted octanol–water partition coefficient (Wildman–Crippen LogP) is 3.21. The topological polar surface area (TPSA) is 97.9 Å². The van der Waals surface area contributed by atoms with Crippen LogP contribution in [0.3, 0.4) is 0 Å². The summed E-state index contributed by atoms with van der Waals surface area (Å²) in [6.07, 6.45) is 0.293. The molecule has 0 radical (unpaired) electrons. The maximum Gasteiger partial charge on any atom is 0.355 e.